The van der Waals surface area contributed by atoms with Crippen molar-refractivity contribution in [2.24, 2.45) is 0 Å². The van der Waals surface area contributed by atoms with Crippen LogP contribution in [0.2, 0.25) is 0 Å². The van der Waals surface area contributed by atoms with E-state index in [9.17, 15) is 9.18 Å². The molecule has 0 fully saturated rings. The number of carbonyl (C=O) groups excluding carboxylic acids is 1. The number of nitrogens with zero attached hydrogens (tertiary/aromatic N) is 3. The summed E-state index contributed by atoms with van der Waals surface area (Å²) in [5, 5.41) is 7.13. The molecule has 25 heavy (non-hydrogen) atoms. The van der Waals surface area contributed by atoms with E-state index in [0.29, 0.717) is 22.3 Å². The number of nitrogens with one attached hydrogen (secondary N) is 1. The summed E-state index contributed by atoms with van der Waals surface area (Å²) >= 11 is 0. The highest BCUT2D eigenvalue weighted by Gasteiger charge is 2.16. The van der Waals surface area contributed by atoms with Crippen LogP contribution in [0.3, 0.4) is 0 Å². The van der Waals surface area contributed by atoms with E-state index in [4.69, 9.17) is 9.15 Å². The molecular formula is C17H11FN4O3. The molecule has 4 aromatic rings. The minimum absolute atomic E-state index is 0.0849. The summed E-state index contributed by atoms with van der Waals surface area (Å²) in [7, 11) is 0. The Hall–Kier alpha value is -3.55. The lowest BCUT2D eigenvalue weighted by Gasteiger charge is -2.00. The van der Waals surface area contributed by atoms with Crippen molar-refractivity contribution in [2.75, 3.05) is 0 Å². The molecule has 0 radical (unpaired) electrons. The lowest BCUT2D eigenvalue weighted by Crippen LogP contribution is -2.06. The zero-order valence-corrected chi connectivity index (χ0v) is 12.8. The molecule has 1 N–H and O–H groups in total. The van der Waals surface area contributed by atoms with Gasteiger partial charge in [0.05, 0.1) is 5.39 Å². The van der Waals surface area contributed by atoms with Gasteiger partial charge >= 0.3 is 5.97 Å². The Bertz CT molecular complexity index is 1060. The smallest absolute Gasteiger partial charge is 0.357 e. The Balaban J connectivity index is 1.47. The van der Waals surface area contributed by atoms with Crippen LogP contribution in [0.1, 0.15) is 16.2 Å². The van der Waals surface area contributed by atoms with Crippen molar-refractivity contribution in [1.29, 1.82) is 0 Å². The van der Waals surface area contributed by atoms with Gasteiger partial charge in [-0.05, 0) is 30.3 Å². The van der Waals surface area contributed by atoms with Crippen LogP contribution in [0, 0.1) is 5.82 Å². The van der Waals surface area contributed by atoms with Crippen molar-refractivity contribution in [2.45, 2.75) is 6.61 Å². The van der Waals surface area contributed by atoms with Crippen molar-refractivity contribution < 1.29 is 18.3 Å². The number of benzene rings is 1. The van der Waals surface area contributed by atoms with Gasteiger partial charge in [-0.25, -0.2) is 19.2 Å². The van der Waals surface area contributed by atoms with Gasteiger partial charge in [0.1, 0.15) is 24.4 Å². The van der Waals surface area contributed by atoms with E-state index in [1.165, 1.54) is 18.4 Å². The molecule has 0 saturated carbocycles. The Morgan fingerprint density at radius 3 is 3.08 bits per heavy atom. The normalized spacial score (nSPS) is 10.9. The Kier molecular flexibility index (Phi) is 3.70. The molecule has 0 atom stereocenters. The van der Waals surface area contributed by atoms with Crippen LogP contribution in [-0.4, -0.2) is 26.1 Å². The Labute approximate surface area is 140 Å². The number of hydrogen-bond donors (Lipinski definition) is 1. The molecule has 3 heterocycles. The molecule has 8 heteroatoms. The third kappa shape index (κ3) is 2.97. The van der Waals surface area contributed by atoms with E-state index in [0.717, 1.165) is 0 Å². The van der Waals surface area contributed by atoms with E-state index in [2.05, 4.69) is 20.2 Å². The van der Waals surface area contributed by atoms with E-state index < -0.39 is 5.97 Å². The average molecular weight is 338 g/mol. The van der Waals surface area contributed by atoms with Gasteiger partial charge in [-0.1, -0.05) is 6.07 Å². The van der Waals surface area contributed by atoms with Gasteiger partial charge in [0.15, 0.2) is 11.3 Å². The molecule has 0 amide bonds. The van der Waals surface area contributed by atoms with Crippen LogP contribution < -0.4 is 0 Å². The second-order valence-electron chi connectivity index (χ2n) is 5.20. The SMILES string of the molecule is O=C(OCc1coc(-c2cccc(F)c2)n1)c1[nH]nc2ncccc12. The van der Waals surface area contributed by atoms with E-state index in [1.807, 2.05) is 0 Å². The Morgan fingerprint density at radius 1 is 1.28 bits per heavy atom. The molecule has 3 aromatic heterocycles. The van der Waals surface area contributed by atoms with Crippen molar-refractivity contribution in [3.05, 3.63) is 66.1 Å². The highest BCUT2D eigenvalue weighted by Crippen LogP contribution is 2.20. The molecule has 124 valence electrons. The van der Waals surface area contributed by atoms with Crippen LogP contribution in [0.4, 0.5) is 4.39 Å². The number of esters is 1. The first-order valence-electron chi connectivity index (χ1n) is 7.37. The summed E-state index contributed by atoms with van der Waals surface area (Å²) in [6, 6.07) is 9.31. The van der Waals surface area contributed by atoms with Gasteiger partial charge in [0.2, 0.25) is 5.89 Å². The molecule has 4 rings (SSSR count). The van der Waals surface area contributed by atoms with Crippen LogP contribution >= 0.6 is 0 Å². The molecule has 0 aliphatic carbocycles. The molecule has 0 aliphatic heterocycles. The maximum atomic E-state index is 13.2. The summed E-state index contributed by atoms with van der Waals surface area (Å²) in [5.74, 6) is -0.712. The summed E-state index contributed by atoms with van der Waals surface area (Å²) in [5.41, 5.74) is 1.57. The number of fused-ring (bicyclic) bond motifs is 1. The standard InChI is InChI=1S/C17H11FN4O3/c18-11-4-1-3-10(7-11)16-20-12(8-24-16)9-25-17(23)14-13-5-2-6-19-15(13)22-21-14/h1-8H,9H2,(H,19,21,22). The van der Waals surface area contributed by atoms with Crippen molar-refractivity contribution in [3.63, 3.8) is 0 Å². The highest BCUT2D eigenvalue weighted by atomic mass is 19.1. The minimum Gasteiger partial charge on any atom is -0.454 e. The lowest BCUT2D eigenvalue weighted by atomic mass is 10.2. The molecule has 0 spiro atoms. The molecule has 1 aromatic carbocycles. The molecular weight excluding hydrogens is 327 g/mol. The number of pyridine rings is 1. The van der Waals surface area contributed by atoms with Gasteiger partial charge in [-0.15, -0.1) is 0 Å². The monoisotopic (exact) mass is 338 g/mol. The average Bonchev–Trinajstić information content (AvgIpc) is 3.27. The van der Waals surface area contributed by atoms with Crippen LogP contribution in [0.25, 0.3) is 22.5 Å². The first-order chi connectivity index (χ1) is 12.2. The number of oxazole rings is 1. The topological polar surface area (TPSA) is 93.9 Å². The predicted octanol–water partition coefficient (Wildman–Crippen LogP) is 3.11. The Morgan fingerprint density at radius 2 is 2.20 bits per heavy atom. The van der Waals surface area contributed by atoms with Crippen molar-refractivity contribution in [3.8, 4) is 11.5 Å². The third-order valence-corrected chi connectivity index (χ3v) is 3.51. The third-order valence-electron chi connectivity index (χ3n) is 3.51. The zero-order valence-electron chi connectivity index (χ0n) is 12.8. The first kappa shape index (κ1) is 15.0. The number of aromatic amines is 1. The van der Waals surface area contributed by atoms with Gasteiger partial charge in [0.25, 0.3) is 0 Å². The number of aromatic nitrogens is 4. The first-order valence-corrected chi connectivity index (χ1v) is 7.37. The lowest BCUT2D eigenvalue weighted by molar-refractivity contribution is 0.0463. The molecule has 0 unspecified atom stereocenters. The second-order valence-corrected chi connectivity index (χ2v) is 5.20. The fourth-order valence-corrected chi connectivity index (χ4v) is 2.34. The van der Waals surface area contributed by atoms with E-state index >= 15 is 0 Å². The quantitative estimate of drug-likeness (QED) is 0.575. The van der Waals surface area contributed by atoms with E-state index in [1.54, 1.807) is 30.5 Å². The largest absolute Gasteiger partial charge is 0.454 e. The highest BCUT2D eigenvalue weighted by molar-refractivity contribution is 6.00. The van der Waals surface area contributed by atoms with Gasteiger partial charge in [-0.2, -0.15) is 5.10 Å². The number of carbonyl (C=O) groups is 1. The minimum atomic E-state index is -0.578. The zero-order chi connectivity index (χ0) is 17.2. The summed E-state index contributed by atoms with van der Waals surface area (Å²) in [4.78, 5) is 20.4. The molecule has 0 bridgehead atoms. The van der Waals surface area contributed by atoms with Gasteiger partial charge in [0, 0.05) is 11.8 Å². The summed E-state index contributed by atoms with van der Waals surface area (Å²) < 4.78 is 23.8. The molecule has 7 nitrogen and oxygen atoms in total. The van der Waals surface area contributed by atoms with Crippen molar-refractivity contribution >= 4 is 17.0 Å². The number of hydrogen-bond acceptors (Lipinski definition) is 6. The number of ether oxygens (including phenoxy) is 1. The molecule has 0 aliphatic rings. The maximum Gasteiger partial charge on any atom is 0.357 e. The van der Waals surface area contributed by atoms with Crippen molar-refractivity contribution in [1.82, 2.24) is 20.2 Å². The number of halogens is 1. The van der Waals surface area contributed by atoms with Crippen LogP contribution in [0.15, 0.2) is 53.3 Å². The fourth-order valence-electron chi connectivity index (χ4n) is 2.34. The second kappa shape index (κ2) is 6.16. The predicted molar refractivity (Wildman–Crippen MR) is 84.9 cm³/mol. The van der Waals surface area contributed by atoms with E-state index in [-0.39, 0.29) is 24.0 Å². The maximum absolute atomic E-state index is 13.2. The molecule has 0 saturated heterocycles. The summed E-state index contributed by atoms with van der Waals surface area (Å²) in [6.45, 7) is -0.0849. The fraction of sp³-hybridized carbons (Fsp3) is 0.0588. The summed E-state index contributed by atoms with van der Waals surface area (Å²) in [6.07, 6.45) is 2.95. The van der Waals surface area contributed by atoms with Crippen LogP contribution in [0.5, 0.6) is 0 Å². The van der Waals surface area contributed by atoms with Gasteiger partial charge in [-0.3, -0.25) is 5.10 Å². The number of rotatable bonds is 4. The van der Waals surface area contributed by atoms with Crippen LogP contribution in [-0.2, 0) is 11.3 Å². The number of H-pyrrole nitrogens is 1. The van der Waals surface area contributed by atoms with Gasteiger partial charge < -0.3 is 9.15 Å².